The molecule has 0 amide bonds. The third-order valence-electron chi connectivity index (χ3n) is 2.89. The summed E-state index contributed by atoms with van der Waals surface area (Å²) in [6, 6.07) is 4.51. The number of rotatable bonds is 5. The SMILES string of the molecule is CC(C)(CC(=O)O)Cc1nnc(-c2ccc(Br)c(F)c2)o1. The highest BCUT2D eigenvalue weighted by molar-refractivity contribution is 9.10. The average molecular weight is 357 g/mol. The lowest BCUT2D eigenvalue weighted by Gasteiger charge is -2.19. The number of hydrogen-bond donors (Lipinski definition) is 1. The Morgan fingerprint density at radius 2 is 2.14 bits per heavy atom. The Morgan fingerprint density at radius 1 is 1.43 bits per heavy atom. The predicted octanol–water partition coefficient (Wildman–Crippen LogP) is 3.68. The molecular formula is C14H14BrFN2O3. The Labute approximate surface area is 129 Å². The molecule has 0 unspecified atom stereocenters. The Hall–Kier alpha value is -1.76. The van der Waals surface area contributed by atoms with Crippen molar-refractivity contribution < 1.29 is 18.7 Å². The second-order valence-electron chi connectivity index (χ2n) is 5.54. The molecule has 21 heavy (non-hydrogen) atoms. The van der Waals surface area contributed by atoms with Crippen molar-refractivity contribution in [3.8, 4) is 11.5 Å². The van der Waals surface area contributed by atoms with Gasteiger partial charge in [0, 0.05) is 12.0 Å². The van der Waals surface area contributed by atoms with Gasteiger partial charge in [-0.2, -0.15) is 0 Å². The Morgan fingerprint density at radius 3 is 2.76 bits per heavy atom. The smallest absolute Gasteiger partial charge is 0.303 e. The Balaban J connectivity index is 2.18. The van der Waals surface area contributed by atoms with Gasteiger partial charge in [0.2, 0.25) is 11.8 Å². The first-order valence-corrected chi connectivity index (χ1v) is 7.06. The minimum absolute atomic E-state index is 0.00236. The van der Waals surface area contributed by atoms with E-state index >= 15 is 0 Å². The highest BCUT2D eigenvalue weighted by atomic mass is 79.9. The minimum Gasteiger partial charge on any atom is -0.481 e. The second kappa shape index (κ2) is 5.93. The molecule has 0 radical (unpaired) electrons. The average Bonchev–Trinajstić information content (AvgIpc) is 2.78. The van der Waals surface area contributed by atoms with Crippen LogP contribution in [0.4, 0.5) is 4.39 Å². The lowest BCUT2D eigenvalue weighted by Crippen LogP contribution is -2.19. The normalized spacial score (nSPS) is 11.6. The molecule has 0 aliphatic heterocycles. The molecule has 0 aliphatic rings. The van der Waals surface area contributed by atoms with Crippen LogP contribution in [0.3, 0.4) is 0 Å². The summed E-state index contributed by atoms with van der Waals surface area (Å²) >= 11 is 3.07. The van der Waals surface area contributed by atoms with E-state index in [0.717, 1.165) is 0 Å². The summed E-state index contributed by atoms with van der Waals surface area (Å²) in [5.74, 6) is -0.754. The van der Waals surface area contributed by atoms with E-state index in [1.54, 1.807) is 12.1 Å². The molecule has 5 nitrogen and oxygen atoms in total. The molecular weight excluding hydrogens is 343 g/mol. The molecule has 0 saturated heterocycles. The number of hydrogen-bond acceptors (Lipinski definition) is 4. The molecule has 1 heterocycles. The molecule has 112 valence electrons. The lowest BCUT2D eigenvalue weighted by molar-refractivity contribution is -0.139. The van der Waals surface area contributed by atoms with Gasteiger partial charge in [-0.1, -0.05) is 13.8 Å². The monoisotopic (exact) mass is 356 g/mol. The van der Waals surface area contributed by atoms with Gasteiger partial charge in [0.25, 0.3) is 0 Å². The fourth-order valence-electron chi connectivity index (χ4n) is 1.95. The van der Waals surface area contributed by atoms with E-state index in [-0.39, 0.29) is 12.3 Å². The number of aromatic nitrogens is 2. The molecule has 1 aromatic heterocycles. The molecule has 0 fully saturated rings. The fourth-order valence-corrected chi connectivity index (χ4v) is 2.20. The van der Waals surface area contributed by atoms with Crippen LogP contribution in [0.25, 0.3) is 11.5 Å². The molecule has 0 aliphatic carbocycles. The summed E-state index contributed by atoms with van der Waals surface area (Å²) in [6.07, 6.45) is 0.336. The molecule has 0 spiro atoms. The van der Waals surface area contributed by atoms with Gasteiger partial charge in [-0.25, -0.2) is 4.39 Å². The van der Waals surface area contributed by atoms with Gasteiger partial charge < -0.3 is 9.52 Å². The third-order valence-corrected chi connectivity index (χ3v) is 3.54. The number of nitrogens with zero attached hydrogens (tertiary/aromatic N) is 2. The van der Waals surface area contributed by atoms with Gasteiger partial charge in [-0.3, -0.25) is 4.79 Å². The lowest BCUT2D eigenvalue weighted by atomic mass is 9.86. The highest BCUT2D eigenvalue weighted by Gasteiger charge is 2.25. The zero-order valence-corrected chi connectivity index (χ0v) is 13.1. The number of benzene rings is 1. The molecule has 1 aromatic carbocycles. The summed E-state index contributed by atoms with van der Waals surface area (Å²) in [6.45, 7) is 3.62. The van der Waals surface area contributed by atoms with Gasteiger partial charge in [-0.05, 0) is 39.5 Å². The maximum Gasteiger partial charge on any atom is 0.303 e. The van der Waals surface area contributed by atoms with Crippen molar-refractivity contribution in [2.24, 2.45) is 5.41 Å². The topological polar surface area (TPSA) is 76.2 Å². The zero-order chi connectivity index (χ0) is 15.6. The summed E-state index contributed by atoms with van der Waals surface area (Å²) in [5.41, 5.74) is -0.0221. The molecule has 0 bridgehead atoms. The molecule has 0 atom stereocenters. The van der Waals surface area contributed by atoms with Crippen molar-refractivity contribution in [1.29, 1.82) is 0 Å². The van der Waals surface area contributed by atoms with Gasteiger partial charge in [0.05, 0.1) is 10.9 Å². The first-order valence-electron chi connectivity index (χ1n) is 6.26. The van der Waals surface area contributed by atoms with Gasteiger partial charge in [-0.15, -0.1) is 10.2 Å². The van der Waals surface area contributed by atoms with Crippen molar-refractivity contribution in [1.82, 2.24) is 10.2 Å². The van der Waals surface area contributed by atoms with Crippen molar-refractivity contribution in [2.75, 3.05) is 0 Å². The van der Waals surface area contributed by atoms with E-state index in [1.165, 1.54) is 6.07 Å². The summed E-state index contributed by atoms with van der Waals surface area (Å²) in [5, 5.41) is 16.6. The first kappa shape index (κ1) is 15.6. The van der Waals surface area contributed by atoms with Crippen LogP contribution >= 0.6 is 15.9 Å². The highest BCUT2D eigenvalue weighted by Crippen LogP contribution is 2.28. The van der Waals surface area contributed by atoms with Gasteiger partial charge in [0.15, 0.2) is 0 Å². The standard InChI is InChI=1S/C14H14BrFN2O3/c1-14(2,7-12(19)20)6-11-17-18-13(21-11)8-3-4-9(15)10(16)5-8/h3-5H,6-7H2,1-2H3,(H,19,20). The van der Waals surface area contributed by atoms with Gasteiger partial charge >= 0.3 is 5.97 Å². The second-order valence-corrected chi connectivity index (χ2v) is 6.40. The molecule has 2 rings (SSSR count). The Bertz CT molecular complexity index is 670. The summed E-state index contributed by atoms with van der Waals surface area (Å²) in [7, 11) is 0. The van der Waals surface area contributed by atoms with E-state index in [9.17, 15) is 9.18 Å². The zero-order valence-electron chi connectivity index (χ0n) is 11.6. The molecule has 2 aromatic rings. The number of halogens is 2. The van der Waals surface area contributed by atoms with Crippen LogP contribution in [0, 0.1) is 11.2 Å². The number of carboxylic acids is 1. The van der Waals surface area contributed by atoms with Gasteiger partial charge in [0.1, 0.15) is 5.82 Å². The van der Waals surface area contributed by atoms with Crippen LogP contribution in [0.1, 0.15) is 26.2 Å². The van der Waals surface area contributed by atoms with Crippen molar-refractivity contribution in [3.63, 3.8) is 0 Å². The number of aliphatic carboxylic acids is 1. The van der Waals surface area contributed by atoms with Crippen molar-refractivity contribution >= 4 is 21.9 Å². The maximum atomic E-state index is 13.5. The number of carbonyl (C=O) groups is 1. The maximum absolute atomic E-state index is 13.5. The quantitative estimate of drug-likeness (QED) is 0.883. The van der Waals surface area contributed by atoms with Crippen LogP contribution in [0.5, 0.6) is 0 Å². The predicted molar refractivity (Wildman–Crippen MR) is 77.1 cm³/mol. The van der Waals surface area contributed by atoms with E-state index in [4.69, 9.17) is 9.52 Å². The van der Waals surface area contributed by atoms with E-state index in [0.29, 0.717) is 22.3 Å². The molecule has 0 saturated carbocycles. The van der Waals surface area contributed by atoms with Crippen LogP contribution < -0.4 is 0 Å². The van der Waals surface area contributed by atoms with Crippen molar-refractivity contribution in [2.45, 2.75) is 26.7 Å². The minimum atomic E-state index is -0.880. The fraction of sp³-hybridized carbons (Fsp3) is 0.357. The summed E-state index contributed by atoms with van der Waals surface area (Å²) < 4.78 is 19.3. The molecule has 1 N–H and O–H groups in total. The van der Waals surface area contributed by atoms with Crippen LogP contribution in [-0.4, -0.2) is 21.3 Å². The van der Waals surface area contributed by atoms with Crippen LogP contribution in [0.2, 0.25) is 0 Å². The number of carboxylic acid groups (broad SMARTS) is 1. The third kappa shape index (κ3) is 4.10. The largest absolute Gasteiger partial charge is 0.481 e. The Kier molecular flexibility index (Phi) is 4.41. The van der Waals surface area contributed by atoms with E-state index in [1.807, 2.05) is 13.8 Å². The van der Waals surface area contributed by atoms with Crippen molar-refractivity contribution in [3.05, 3.63) is 34.4 Å². The van der Waals surface area contributed by atoms with E-state index < -0.39 is 17.2 Å². The first-order chi connectivity index (χ1) is 9.77. The van der Waals surface area contributed by atoms with E-state index in [2.05, 4.69) is 26.1 Å². The summed E-state index contributed by atoms with van der Waals surface area (Å²) in [4.78, 5) is 10.8. The van der Waals surface area contributed by atoms with Crippen LogP contribution in [0.15, 0.2) is 27.1 Å². The molecule has 7 heteroatoms. The van der Waals surface area contributed by atoms with Crippen LogP contribution in [-0.2, 0) is 11.2 Å².